The molecular formula is C13H22N2OSi. The Labute approximate surface area is 105 Å². The summed E-state index contributed by atoms with van der Waals surface area (Å²) in [5, 5.41) is 0.188. The minimum Gasteiger partial charge on any atom is -0.534 e. The number of aliphatic imine (C=N–C) groups is 1. The molecule has 1 heterocycles. The maximum atomic E-state index is 6.06. The minimum absolute atomic E-state index is 0.188. The molecule has 0 unspecified atom stereocenters. The average molecular weight is 250 g/mol. The van der Waals surface area contributed by atoms with Crippen molar-refractivity contribution in [3.05, 3.63) is 24.4 Å². The van der Waals surface area contributed by atoms with Crippen LogP contribution in [0.4, 0.5) is 5.82 Å². The zero-order valence-electron chi connectivity index (χ0n) is 11.6. The Kier molecular flexibility index (Phi) is 4.09. The van der Waals surface area contributed by atoms with Gasteiger partial charge in [-0.25, -0.2) is 4.98 Å². The highest BCUT2D eigenvalue weighted by molar-refractivity contribution is 6.75. The van der Waals surface area contributed by atoms with E-state index in [-0.39, 0.29) is 5.04 Å². The average Bonchev–Trinajstić information content (AvgIpc) is 2.16. The van der Waals surface area contributed by atoms with Crippen molar-refractivity contribution >= 4 is 20.0 Å². The number of hydrogen-bond acceptors (Lipinski definition) is 3. The van der Waals surface area contributed by atoms with E-state index >= 15 is 0 Å². The third-order valence-electron chi connectivity index (χ3n) is 3.13. The van der Waals surface area contributed by atoms with Gasteiger partial charge < -0.3 is 4.43 Å². The predicted octanol–water partition coefficient (Wildman–Crippen LogP) is 4.15. The molecule has 0 spiro atoms. The third kappa shape index (κ3) is 3.96. The molecule has 0 aliphatic heterocycles. The molecule has 0 atom stereocenters. The van der Waals surface area contributed by atoms with E-state index in [0.717, 1.165) is 0 Å². The van der Waals surface area contributed by atoms with E-state index < -0.39 is 8.32 Å². The van der Waals surface area contributed by atoms with Crippen molar-refractivity contribution in [3.63, 3.8) is 0 Å². The lowest BCUT2D eigenvalue weighted by atomic mass is 10.2. The van der Waals surface area contributed by atoms with Crippen LogP contribution in [-0.2, 0) is 4.43 Å². The lowest BCUT2D eigenvalue weighted by Gasteiger charge is -2.36. The molecule has 0 radical (unpaired) electrons. The van der Waals surface area contributed by atoms with Gasteiger partial charge >= 0.3 is 0 Å². The molecule has 0 aliphatic rings. The van der Waals surface area contributed by atoms with Crippen LogP contribution < -0.4 is 0 Å². The van der Waals surface area contributed by atoms with Crippen molar-refractivity contribution in [2.24, 2.45) is 4.99 Å². The van der Waals surface area contributed by atoms with Crippen LogP contribution in [0.5, 0.6) is 0 Å². The van der Waals surface area contributed by atoms with Crippen LogP contribution >= 0.6 is 0 Å². The molecule has 0 saturated carbocycles. The van der Waals surface area contributed by atoms with E-state index in [9.17, 15) is 0 Å². The lowest BCUT2D eigenvalue weighted by Crippen LogP contribution is -2.42. The van der Waals surface area contributed by atoms with Crippen LogP contribution in [-0.4, -0.2) is 19.2 Å². The molecule has 4 heteroatoms. The zero-order chi connectivity index (χ0) is 13.1. The first-order chi connectivity index (χ1) is 7.72. The standard InChI is InChI=1S/C13H22N2OSi/c1-11(15-12-9-7-8-10-14-12)16-17(5,6)13(2,3)4/h7-10H,1-6H3/b15-11+. The summed E-state index contributed by atoms with van der Waals surface area (Å²) in [5.74, 6) is 1.40. The Bertz CT molecular complexity index is 394. The molecule has 94 valence electrons. The molecule has 0 fully saturated rings. The van der Waals surface area contributed by atoms with E-state index in [2.05, 4.69) is 43.8 Å². The summed E-state index contributed by atoms with van der Waals surface area (Å²) in [4.78, 5) is 8.53. The smallest absolute Gasteiger partial charge is 0.252 e. The summed E-state index contributed by atoms with van der Waals surface area (Å²) in [7, 11) is -1.78. The molecule has 0 saturated heterocycles. The number of rotatable bonds is 2. The van der Waals surface area contributed by atoms with Gasteiger partial charge in [-0.3, -0.25) is 0 Å². The van der Waals surface area contributed by atoms with Gasteiger partial charge in [-0.15, -0.1) is 0 Å². The number of aromatic nitrogens is 1. The summed E-state index contributed by atoms with van der Waals surface area (Å²) >= 11 is 0. The predicted molar refractivity (Wildman–Crippen MR) is 75.3 cm³/mol. The van der Waals surface area contributed by atoms with E-state index in [0.29, 0.717) is 11.7 Å². The molecule has 1 aromatic heterocycles. The van der Waals surface area contributed by atoms with E-state index in [1.165, 1.54) is 0 Å². The number of nitrogens with zero attached hydrogens (tertiary/aromatic N) is 2. The molecule has 17 heavy (non-hydrogen) atoms. The fourth-order valence-corrected chi connectivity index (χ4v) is 2.22. The van der Waals surface area contributed by atoms with Crippen molar-refractivity contribution in [1.82, 2.24) is 4.98 Å². The second kappa shape index (κ2) is 5.00. The quantitative estimate of drug-likeness (QED) is 0.449. The first-order valence-electron chi connectivity index (χ1n) is 5.88. The van der Waals surface area contributed by atoms with Crippen LogP contribution in [0.3, 0.4) is 0 Å². The van der Waals surface area contributed by atoms with E-state index in [4.69, 9.17) is 4.43 Å². The Morgan fingerprint density at radius 1 is 1.29 bits per heavy atom. The normalized spacial score (nSPS) is 13.6. The van der Waals surface area contributed by atoms with Gasteiger partial charge in [-0.2, -0.15) is 4.99 Å². The van der Waals surface area contributed by atoms with Crippen LogP contribution in [0.2, 0.25) is 18.1 Å². The van der Waals surface area contributed by atoms with Crippen LogP contribution in [0.15, 0.2) is 29.4 Å². The first-order valence-corrected chi connectivity index (χ1v) is 8.78. The summed E-state index contributed by atoms with van der Waals surface area (Å²) < 4.78 is 6.06. The maximum absolute atomic E-state index is 6.06. The fourth-order valence-electron chi connectivity index (χ4n) is 1.13. The van der Waals surface area contributed by atoms with Crippen LogP contribution in [0.25, 0.3) is 0 Å². The Morgan fingerprint density at radius 2 is 1.94 bits per heavy atom. The van der Waals surface area contributed by atoms with Crippen molar-refractivity contribution < 1.29 is 4.43 Å². The van der Waals surface area contributed by atoms with E-state index in [1.54, 1.807) is 6.20 Å². The third-order valence-corrected chi connectivity index (χ3v) is 7.55. The molecule has 0 bridgehead atoms. The minimum atomic E-state index is -1.78. The summed E-state index contributed by atoms with van der Waals surface area (Å²) in [6.07, 6.45) is 1.73. The SMILES string of the molecule is C/C(=N\c1ccccn1)O[Si](C)(C)C(C)(C)C. The Hall–Kier alpha value is -1.16. The number of pyridine rings is 1. The second-order valence-corrected chi connectivity index (χ2v) is 10.4. The monoisotopic (exact) mass is 250 g/mol. The molecule has 1 rings (SSSR count). The zero-order valence-corrected chi connectivity index (χ0v) is 12.6. The highest BCUT2D eigenvalue weighted by Crippen LogP contribution is 2.36. The van der Waals surface area contributed by atoms with Gasteiger partial charge in [0, 0.05) is 13.1 Å². The molecule has 3 nitrogen and oxygen atoms in total. The van der Waals surface area contributed by atoms with Gasteiger partial charge in [0.25, 0.3) is 8.32 Å². The highest BCUT2D eigenvalue weighted by Gasteiger charge is 2.39. The Balaban J connectivity index is 2.80. The van der Waals surface area contributed by atoms with Crippen molar-refractivity contribution in [3.8, 4) is 0 Å². The fraction of sp³-hybridized carbons (Fsp3) is 0.538. The van der Waals surface area contributed by atoms with Gasteiger partial charge in [-0.1, -0.05) is 26.8 Å². The molecular weight excluding hydrogens is 228 g/mol. The van der Waals surface area contributed by atoms with Crippen molar-refractivity contribution in [1.29, 1.82) is 0 Å². The lowest BCUT2D eigenvalue weighted by molar-refractivity contribution is 0.483. The van der Waals surface area contributed by atoms with Crippen LogP contribution in [0.1, 0.15) is 27.7 Å². The number of hydrogen-bond donors (Lipinski definition) is 0. The summed E-state index contributed by atoms with van der Waals surface area (Å²) in [5.41, 5.74) is 0. The van der Waals surface area contributed by atoms with Crippen molar-refractivity contribution in [2.45, 2.75) is 45.8 Å². The van der Waals surface area contributed by atoms with Crippen LogP contribution in [0, 0.1) is 0 Å². The van der Waals surface area contributed by atoms with Gasteiger partial charge in [0.2, 0.25) is 0 Å². The summed E-state index contributed by atoms with van der Waals surface area (Å²) in [6, 6.07) is 5.67. The second-order valence-electron chi connectivity index (χ2n) is 5.68. The highest BCUT2D eigenvalue weighted by atomic mass is 28.4. The van der Waals surface area contributed by atoms with Gasteiger partial charge in [0.15, 0.2) is 11.7 Å². The molecule has 0 aliphatic carbocycles. The first kappa shape index (κ1) is 13.9. The van der Waals surface area contributed by atoms with Gasteiger partial charge in [0.1, 0.15) is 0 Å². The molecule has 0 amide bonds. The van der Waals surface area contributed by atoms with Gasteiger partial charge in [-0.05, 0) is 30.3 Å². The topological polar surface area (TPSA) is 34.5 Å². The maximum Gasteiger partial charge on any atom is 0.252 e. The van der Waals surface area contributed by atoms with Gasteiger partial charge in [0.05, 0.1) is 0 Å². The largest absolute Gasteiger partial charge is 0.534 e. The van der Waals surface area contributed by atoms with Crippen molar-refractivity contribution in [2.75, 3.05) is 0 Å². The molecule has 1 aromatic rings. The Morgan fingerprint density at radius 3 is 2.41 bits per heavy atom. The van der Waals surface area contributed by atoms with E-state index in [1.807, 2.05) is 25.1 Å². The molecule has 0 aromatic carbocycles. The molecule has 0 N–H and O–H groups in total. The summed E-state index contributed by atoms with van der Waals surface area (Å²) in [6.45, 7) is 13.0.